The number of rotatable bonds is 2. The zero-order valence-corrected chi connectivity index (χ0v) is 10.4. The molecule has 0 spiro atoms. The summed E-state index contributed by atoms with van der Waals surface area (Å²) < 4.78 is 0. The molecule has 1 saturated heterocycles. The number of nitrogens with one attached hydrogen (secondary N) is 2. The van der Waals surface area contributed by atoms with Crippen LogP contribution in [-0.4, -0.2) is 49.4 Å². The lowest BCUT2D eigenvalue weighted by Gasteiger charge is -2.41. The number of carbonyl (C=O) groups is 1. The Morgan fingerprint density at radius 1 is 1.22 bits per heavy atom. The zero-order chi connectivity index (χ0) is 12.4. The molecule has 2 unspecified atom stereocenters. The van der Waals surface area contributed by atoms with Crippen LogP contribution in [0.15, 0.2) is 24.3 Å². The average Bonchev–Trinajstić information content (AvgIpc) is 2.46. The SMILES string of the molecule is O=CC1Nc2ccccc2CC1N1CCNCC1. The lowest BCUT2D eigenvalue weighted by Crippen LogP contribution is -2.56. The van der Waals surface area contributed by atoms with E-state index in [1.165, 1.54) is 5.56 Å². The molecule has 0 amide bonds. The van der Waals surface area contributed by atoms with Crippen molar-refractivity contribution >= 4 is 12.0 Å². The van der Waals surface area contributed by atoms with Crippen LogP contribution in [0.3, 0.4) is 0 Å². The van der Waals surface area contributed by atoms with Crippen LogP contribution in [0.5, 0.6) is 0 Å². The molecule has 4 heteroatoms. The summed E-state index contributed by atoms with van der Waals surface area (Å²) in [4.78, 5) is 13.7. The third kappa shape index (κ3) is 2.13. The van der Waals surface area contributed by atoms with Crippen LogP contribution >= 0.6 is 0 Å². The maximum absolute atomic E-state index is 11.3. The topological polar surface area (TPSA) is 44.4 Å². The van der Waals surface area contributed by atoms with Crippen molar-refractivity contribution in [3.05, 3.63) is 29.8 Å². The van der Waals surface area contributed by atoms with Crippen LogP contribution < -0.4 is 10.6 Å². The molecule has 2 aliphatic rings. The molecule has 0 aliphatic carbocycles. The quantitative estimate of drug-likeness (QED) is 0.745. The van der Waals surface area contributed by atoms with E-state index in [9.17, 15) is 4.79 Å². The van der Waals surface area contributed by atoms with E-state index < -0.39 is 0 Å². The van der Waals surface area contributed by atoms with Gasteiger partial charge in [0.1, 0.15) is 6.29 Å². The third-order valence-corrected chi connectivity index (χ3v) is 3.95. The smallest absolute Gasteiger partial charge is 0.143 e. The number of hydrogen-bond acceptors (Lipinski definition) is 4. The number of hydrogen-bond donors (Lipinski definition) is 2. The predicted octanol–water partition coefficient (Wildman–Crippen LogP) is 0.496. The molecule has 2 aliphatic heterocycles. The summed E-state index contributed by atoms with van der Waals surface area (Å²) in [7, 11) is 0. The summed E-state index contributed by atoms with van der Waals surface area (Å²) >= 11 is 0. The Bertz CT molecular complexity index is 429. The van der Waals surface area contributed by atoms with Gasteiger partial charge in [-0.25, -0.2) is 0 Å². The second-order valence-electron chi connectivity index (χ2n) is 5.02. The van der Waals surface area contributed by atoms with E-state index in [4.69, 9.17) is 0 Å². The second kappa shape index (κ2) is 5.08. The van der Waals surface area contributed by atoms with Crippen molar-refractivity contribution in [1.82, 2.24) is 10.2 Å². The van der Waals surface area contributed by atoms with E-state index in [0.29, 0.717) is 6.04 Å². The van der Waals surface area contributed by atoms with E-state index in [1.54, 1.807) is 0 Å². The summed E-state index contributed by atoms with van der Waals surface area (Å²) in [6.45, 7) is 4.09. The summed E-state index contributed by atoms with van der Waals surface area (Å²) in [5.74, 6) is 0. The van der Waals surface area contributed by atoms with Gasteiger partial charge in [-0.05, 0) is 18.1 Å². The summed E-state index contributed by atoms with van der Waals surface area (Å²) in [5.41, 5.74) is 2.43. The van der Waals surface area contributed by atoms with Crippen molar-refractivity contribution in [3.8, 4) is 0 Å². The lowest BCUT2D eigenvalue weighted by atomic mass is 9.92. The van der Waals surface area contributed by atoms with Gasteiger partial charge in [0.25, 0.3) is 0 Å². The summed E-state index contributed by atoms with van der Waals surface area (Å²) in [5, 5.41) is 6.72. The van der Waals surface area contributed by atoms with Crippen molar-refractivity contribution in [2.24, 2.45) is 0 Å². The predicted molar refractivity (Wildman–Crippen MR) is 71.9 cm³/mol. The normalized spacial score (nSPS) is 28.2. The molecule has 0 saturated carbocycles. The highest BCUT2D eigenvalue weighted by molar-refractivity contribution is 5.69. The van der Waals surface area contributed by atoms with Gasteiger partial charge in [-0.15, -0.1) is 0 Å². The Morgan fingerprint density at radius 2 is 2.00 bits per heavy atom. The molecule has 0 bridgehead atoms. The van der Waals surface area contributed by atoms with Crippen molar-refractivity contribution in [3.63, 3.8) is 0 Å². The van der Waals surface area contributed by atoms with Gasteiger partial charge in [-0.1, -0.05) is 18.2 Å². The minimum absolute atomic E-state index is 0.0852. The van der Waals surface area contributed by atoms with Crippen molar-refractivity contribution in [1.29, 1.82) is 0 Å². The number of aldehydes is 1. The second-order valence-corrected chi connectivity index (χ2v) is 5.02. The molecule has 18 heavy (non-hydrogen) atoms. The number of anilines is 1. The van der Waals surface area contributed by atoms with Crippen LogP contribution in [0.4, 0.5) is 5.69 Å². The fourth-order valence-electron chi connectivity index (χ4n) is 2.96. The number of carbonyl (C=O) groups excluding carboxylic acids is 1. The monoisotopic (exact) mass is 245 g/mol. The van der Waals surface area contributed by atoms with E-state index in [1.807, 2.05) is 6.07 Å². The van der Waals surface area contributed by atoms with Crippen LogP contribution in [0.1, 0.15) is 5.56 Å². The largest absolute Gasteiger partial charge is 0.374 e. The molecule has 3 rings (SSSR count). The molecular weight excluding hydrogens is 226 g/mol. The van der Waals surface area contributed by atoms with Gasteiger partial charge in [0.15, 0.2) is 0 Å². The van der Waals surface area contributed by atoms with E-state index in [0.717, 1.165) is 44.6 Å². The zero-order valence-electron chi connectivity index (χ0n) is 10.4. The van der Waals surface area contributed by atoms with Crippen LogP contribution in [0, 0.1) is 0 Å². The van der Waals surface area contributed by atoms with Crippen molar-refractivity contribution in [2.75, 3.05) is 31.5 Å². The standard InChI is InChI=1S/C14H19N3O/c18-10-13-14(17-7-5-15-6-8-17)9-11-3-1-2-4-12(11)16-13/h1-4,10,13-16H,5-9H2. The van der Waals surface area contributed by atoms with Gasteiger partial charge < -0.3 is 15.4 Å². The summed E-state index contributed by atoms with van der Waals surface area (Å²) in [6.07, 6.45) is 2.02. The Morgan fingerprint density at radius 3 is 2.78 bits per heavy atom. The number of piperazine rings is 1. The maximum Gasteiger partial charge on any atom is 0.143 e. The van der Waals surface area contributed by atoms with Gasteiger partial charge in [0.2, 0.25) is 0 Å². The molecule has 1 aromatic rings. The highest BCUT2D eigenvalue weighted by Gasteiger charge is 2.32. The molecule has 0 aromatic heterocycles. The fourth-order valence-corrected chi connectivity index (χ4v) is 2.96. The van der Waals surface area contributed by atoms with Gasteiger partial charge >= 0.3 is 0 Å². The molecule has 1 fully saturated rings. The van der Waals surface area contributed by atoms with Crippen LogP contribution in [0.2, 0.25) is 0 Å². The van der Waals surface area contributed by atoms with Crippen LogP contribution in [0.25, 0.3) is 0 Å². The number of para-hydroxylation sites is 1. The number of nitrogens with zero attached hydrogens (tertiary/aromatic N) is 1. The van der Waals surface area contributed by atoms with Gasteiger partial charge in [-0.2, -0.15) is 0 Å². The number of fused-ring (bicyclic) bond motifs is 1. The van der Waals surface area contributed by atoms with Crippen molar-refractivity contribution in [2.45, 2.75) is 18.5 Å². The highest BCUT2D eigenvalue weighted by Crippen LogP contribution is 2.26. The molecule has 0 radical (unpaired) electrons. The third-order valence-electron chi connectivity index (χ3n) is 3.95. The van der Waals surface area contributed by atoms with E-state index >= 15 is 0 Å². The molecule has 96 valence electrons. The molecule has 4 nitrogen and oxygen atoms in total. The highest BCUT2D eigenvalue weighted by atomic mass is 16.1. The van der Waals surface area contributed by atoms with E-state index in [2.05, 4.69) is 33.7 Å². The van der Waals surface area contributed by atoms with Crippen molar-refractivity contribution < 1.29 is 4.79 Å². The first kappa shape index (κ1) is 11.7. The molecule has 2 atom stereocenters. The Balaban J connectivity index is 1.83. The average molecular weight is 245 g/mol. The van der Waals surface area contributed by atoms with Crippen LogP contribution in [-0.2, 0) is 11.2 Å². The van der Waals surface area contributed by atoms with Gasteiger partial charge in [0.05, 0.1) is 6.04 Å². The first-order chi connectivity index (χ1) is 8.88. The summed E-state index contributed by atoms with van der Waals surface area (Å²) in [6, 6.07) is 8.49. The Kier molecular flexibility index (Phi) is 3.30. The van der Waals surface area contributed by atoms with Gasteiger partial charge in [0, 0.05) is 37.9 Å². The molecule has 2 heterocycles. The van der Waals surface area contributed by atoms with E-state index in [-0.39, 0.29) is 6.04 Å². The Labute approximate surface area is 107 Å². The minimum atomic E-state index is -0.0852. The minimum Gasteiger partial charge on any atom is -0.374 e. The Hall–Kier alpha value is -1.39. The molecule has 1 aromatic carbocycles. The molecule has 2 N–H and O–H groups in total. The first-order valence-corrected chi connectivity index (χ1v) is 6.63. The molecular formula is C14H19N3O. The maximum atomic E-state index is 11.3. The number of benzene rings is 1. The fraction of sp³-hybridized carbons (Fsp3) is 0.500. The van der Waals surface area contributed by atoms with Gasteiger partial charge in [-0.3, -0.25) is 4.90 Å². The first-order valence-electron chi connectivity index (χ1n) is 6.63. The lowest BCUT2D eigenvalue weighted by molar-refractivity contribution is -0.109.